The third-order valence-electron chi connectivity index (χ3n) is 4.87. The van der Waals surface area contributed by atoms with Gasteiger partial charge in [-0.1, -0.05) is 35.9 Å². The average Bonchev–Trinajstić information content (AvgIpc) is 2.68. The fourth-order valence-electron chi connectivity index (χ4n) is 3.30. The summed E-state index contributed by atoms with van der Waals surface area (Å²) in [5.41, 5.74) is 0.713. The monoisotopic (exact) mass is 406 g/mol. The van der Waals surface area contributed by atoms with Crippen molar-refractivity contribution in [3.8, 4) is 0 Å². The van der Waals surface area contributed by atoms with Crippen molar-refractivity contribution < 1.29 is 13.2 Å². The van der Waals surface area contributed by atoms with Crippen molar-refractivity contribution in [2.45, 2.75) is 24.2 Å². The summed E-state index contributed by atoms with van der Waals surface area (Å²) in [5, 5.41) is 0.397. The molecule has 3 rings (SSSR count). The van der Waals surface area contributed by atoms with Crippen molar-refractivity contribution in [3.63, 3.8) is 0 Å². The second-order valence-corrected chi connectivity index (χ2v) is 8.95. The molecule has 27 heavy (non-hydrogen) atoms. The maximum Gasteiger partial charge on any atom is 0.253 e. The quantitative estimate of drug-likeness (QED) is 0.797. The SMILES string of the molecule is O=C(c1ccccc1)N1CCC(CCNS(=O)(=O)c2cccc(Cl)c2)CC1. The van der Waals surface area contributed by atoms with Crippen LogP contribution in [0.1, 0.15) is 29.6 Å². The number of rotatable bonds is 6. The summed E-state index contributed by atoms with van der Waals surface area (Å²) in [7, 11) is -3.54. The van der Waals surface area contributed by atoms with E-state index in [9.17, 15) is 13.2 Å². The molecule has 5 nitrogen and oxygen atoms in total. The summed E-state index contributed by atoms with van der Waals surface area (Å²) in [6.07, 6.45) is 2.53. The van der Waals surface area contributed by atoms with Gasteiger partial charge >= 0.3 is 0 Å². The van der Waals surface area contributed by atoms with Crippen LogP contribution in [0.15, 0.2) is 59.5 Å². The molecular weight excluding hydrogens is 384 g/mol. The minimum atomic E-state index is -3.54. The third kappa shape index (κ3) is 5.31. The second kappa shape index (κ2) is 8.87. The normalized spacial score (nSPS) is 15.7. The molecule has 0 atom stereocenters. The first-order valence-corrected chi connectivity index (χ1v) is 10.9. The number of carbonyl (C=O) groups is 1. The predicted molar refractivity (Wildman–Crippen MR) is 106 cm³/mol. The van der Waals surface area contributed by atoms with Crippen molar-refractivity contribution in [3.05, 3.63) is 65.2 Å². The first-order chi connectivity index (χ1) is 13.0. The lowest BCUT2D eigenvalue weighted by molar-refractivity contribution is 0.0687. The summed E-state index contributed by atoms with van der Waals surface area (Å²) >= 11 is 5.87. The molecule has 0 aromatic heterocycles. The highest BCUT2D eigenvalue weighted by Gasteiger charge is 2.24. The third-order valence-corrected chi connectivity index (χ3v) is 6.57. The van der Waals surface area contributed by atoms with Crippen molar-refractivity contribution >= 4 is 27.5 Å². The Hall–Kier alpha value is -1.89. The number of hydrogen-bond donors (Lipinski definition) is 1. The van der Waals surface area contributed by atoms with Crippen molar-refractivity contribution in [1.29, 1.82) is 0 Å². The van der Waals surface area contributed by atoms with Crippen molar-refractivity contribution in [1.82, 2.24) is 9.62 Å². The van der Waals surface area contributed by atoms with Crippen LogP contribution in [-0.2, 0) is 10.0 Å². The Bertz CT molecular complexity index is 879. The molecule has 1 amide bonds. The van der Waals surface area contributed by atoms with E-state index in [-0.39, 0.29) is 10.8 Å². The molecule has 0 unspecified atom stereocenters. The number of nitrogens with zero attached hydrogens (tertiary/aromatic N) is 1. The molecule has 7 heteroatoms. The number of hydrogen-bond acceptors (Lipinski definition) is 3. The Morgan fingerprint density at radius 3 is 2.44 bits per heavy atom. The van der Waals surface area contributed by atoms with Crippen molar-refractivity contribution in [2.75, 3.05) is 19.6 Å². The number of amides is 1. The van der Waals surface area contributed by atoms with Crippen LogP contribution in [0.25, 0.3) is 0 Å². The molecule has 0 radical (unpaired) electrons. The molecule has 1 aliphatic heterocycles. The molecule has 0 aliphatic carbocycles. The summed E-state index contributed by atoms with van der Waals surface area (Å²) in [6, 6.07) is 15.5. The van der Waals surface area contributed by atoms with Crippen LogP contribution in [0, 0.1) is 5.92 Å². The first-order valence-electron chi connectivity index (χ1n) is 9.05. The highest BCUT2D eigenvalue weighted by molar-refractivity contribution is 7.89. The van der Waals surface area contributed by atoms with E-state index in [1.807, 2.05) is 35.2 Å². The topological polar surface area (TPSA) is 66.5 Å². The predicted octanol–water partition coefficient (Wildman–Crippen LogP) is 3.56. The van der Waals surface area contributed by atoms with Gasteiger partial charge in [-0.15, -0.1) is 0 Å². The van der Waals surface area contributed by atoms with Crippen LogP contribution in [0.3, 0.4) is 0 Å². The fraction of sp³-hybridized carbons (Fsp3) is 0.350. The molecule has 1 heterocycles. The zero-order valence-corrected chi connectivity index (χ0v) is 16.5. The number of piperidine rings is 1. The Labute approximate surface area is 165 Å². The molecule has 144 valence electrons. The molecule has 2 aromatic rings. The smallest absolute Gasteiger partial charge is 0.253 e. The lowest BCUT2D eigenvalue weighted by Crippen LogP contribution is -2.39. The molecule has 0 saturated carbocycles. The Morgan fingerprint density at radius 2 is 1.78 bits per heavy atom. The number of benzene rings is 2. The summed E-state index contributed by atoms with van der Waals surface area (Å²) in [5.74, 6) is 0.475. The van der Waals surface area contributed by atoms with Crippen LogP contribution in [0.4, 0.5) is 0 Å². The van der Waals surface area contributed by atoms with Gasteiger partial charge in [0.05, 0.1) is 4.90 Å². The molecule has 0 bridgehead atoms. The van der Waals surface area contributed by atoms with Crippen LogP contribution < -0.4 is 4.72 Å². The minimum absolute atomic E-state index is 0.0655. The van der Waals surface area contributed by atoms with Crippen LogP contribution in [0.2, 0.25) is 5.02 Å². The second-order valence-electron chi connectivity index (χ2n) is 6.75. The van der Waals surface area contributed by atoms with Gasteiger partial charge in [0.1, 0.15) is 0 Å². The first kappa shape index (κ1) is 19.9. The zero-order chi connectivity index (χ0) is 19.3. The van der Waals surface area contributed by atoms with E-state index in [0.29, 0.717) is 36.1 Å². The number of halogens is 1. The lowest BCUT2D eigenvalue weighted by Gasteiger charge is -2.32. The summed E-state index contributed by atoms with van der Waals surface area (Å²) in [4.78, 5) is 14.5. The number of carbonyl (C=O) groups excluding carboxylic acids is 1. The standard InChI is InChI=1S/C20H23ClN2O3S/c21-18-7-4-8-19(15-18)27(25,26)22-12-9-16-10-13-23(14-11-16)20(24)17-5-2-1-3-6-17/h1-8,15-16,22H,9-14H2. The molecule has 2 aromatic carbocycles. The lowest BCUT2D eigenvalue weighted by atomic mass is 9.93. The molecule has 1 aliphatic rings. The van der Waals surface area contributed by atoms with Gasteiger partial charge in [0.25, 0.3) is 5.91 Å². The van der Waals surface area contributed by atoms with Gasteiger partial charge in [-0.3, -0.25) is 4.79 Å². The van der Waals surface area contributed by atoms with E-state index >= 15 is 0 Å². The zero-order valence-electron chi connectivity index (χ0n) is 15.0. The maximum atomic E-state index is 12.5. The van der Waals surface area contributed by atoms with E-state index in [0.717, 1.165) is 19.3 Å². The highest BCUT2D eigenvalue weighted by atomic mass is 35.5. The van der Waals surface area contributed by atoms with E-state index in [1.54, 1.807) is 12.1 Å². The van der Waals surface area contributed by atoms with Gasteiger partial charge in [-0.2, -0.15) is 0 Å². The fourth-order valence-corrected chi connectivity index (χ4v) is 4.65. The van der Waals surface area contributed by atoms with Crippen LogP contribution >= 0.6 is 11.6 Å². The molecule has 1 saturated heterocycles. The van der Waals surface area contributed by atoms with Gasteiger partial charge < -0.3 is 4.90 Å². The number of nitrogens with one attached hydrogen (secondary N) is 1. The highest BCUT2D eigenvalue weighted by Crippen LogP contribution is 2.22. The van der Waals surface area contributed by atoms with Gasteiger partial charge in [-0.25, -0.2) is 13.1 Å². The Morgan fingerprint density at radius 1 is 1.07 bits per heavy atom. The molecule has 1 fully saturated rings. The van der Waals surface area contributed by atoms with Gasteiger partial charge in [0.2, 0.25) is 10.0 Å². The van der Waals surface area contributed by atoms with E-state index < -0.39 is 10.0 Å². The van der Waals surface area contributed by atoms with Crippen LogP contribution in [0.5, 0.6) is 0 Å². The van der Waals surface area contributed by atoms with Gasteiger partial charge in [0, 0.05) is 30.2 Å². The van der Waals surface area contributed by atoms with Crippen LogP contribution in [-0.4, -0.2) is 38.9 Å². The average molecular weight is 407 g/mol. The maximum absolute atomic E-state index is 12.5. The van der Waals surface area contributed by atoms with E-state index in [4.69, 9.17) is 11.6 Å². The summed E-state index contributed by atoms with van der Waals surface area (Å²) in [6.45, 7) is 1.80. The Kier molecular flexibility index (Phi) is 6.52. The summed E-state index contributed by atoms with van der Waals surface area (Å²) < 4.78 is 27.2. The van der Waals surface area contributed by atoms with E-state index in [2.05, 4.69) is 4.72 Å². The van der Waals surface area contributed by atoms with Crippen molar-refractivity contribution in [2.24, 2.45) is 5.92 Å². The molecule has 1 N–H and O–H groups in total. The Balaban J connectivity index is 1.45. The molecular formula is C20H23ClN2O3S. The minimum Gasteiger partial charge on any atom is -0.339 e. The largest absolute Gasteiger partial charge is 0.339 e. The van der Waals surface area contributed by atoms with Gasteiger partial charge in [-0.05, 0) is 55.5 Å². The van der Waals surface area contributed by atoms with E-state index in [1.165, 1.54) is 12.1 Å². The van der Waals surface area contributed by atoms with Gasteiger partial charge in [0.15, 0.2) is 0 Å². The number of sulfonamides is 1. The molecule has 0 spiro atoms. The number of likely N-dealkylation sites (tertiary alicyclic amines) is 1.